The van der Waals surface area contributed by atoms with E-state index < -0.39 is 0 Å². The second-order valence-electron chi connectivity index (χ2n) is 6.69. The van der Waals surface area contributed by atoms with Gasteiger partial charge in [-0.15, -0.1) is 16.4 Å². The van der Waals surface area contributed by atoms with Gasteiger partial charge in [0.25, 0.3) is 5.91 Å². The van der Waals surface area contributed by atoms with E-state index in [1.54, 1.807) is 14.2 Å². The zero-order valence-electron chi connectivity index (χ0n) is 16.1. The minimum Gasteiger partial charge on any atom is -0.493 e. The number of fused-ring (bicyclic) bond motifs is 1. The highest BCUT2D eigenvalue weighted by molar-refractivity contribution is 7.15. The fraction of sp³-hybridized carbons (Fsp3) is 0.368. The van der Waals surface area contributed by atoms with E-state index >= 15 is 0 Å². The zero-order chi connectivity index (χ0) is 19.8. The summed E-state index contributed by atoms with van der Waals surface area (Å²) in [4.78, 5) is 14.3. The van der Waals surface area contributed by atoms with E-state index in [2.05, 4.69) is 20.8 Å². The SMILES string of the molecule is COc1cc2c(cc1OC)C(NC(=O)c1c(-n3cnnn3)sc(C)c1C)CC2. The van der Waals surface area contributed by atoms with E-state index in [1.165, 1.54) is 27.9 Å². The third-order valence-corrected chi connectivity index (χ3v) is 6.38. The van der Waals surface area contributed by atoms with Gasteiger partial charge < -0.3 is 14.8 Å². The number of hydrogen-bond donors (Lipinski definition) is 1. The van der Waals surface area contributed by atoms with Crippen LogP contribution in [0.3, 0.4) is 0 Å². The van der Waals surface area contributed by atoms with Gasteiger partial charge in [0.15, 0.2) is 11.5 Å². The number of nitrogens with one attached hydrogen (secondary N) is 1. The number of nitrogens with zero attached hydrogens (tertiary/aromatic N) is 4. The van der Waals surface area contributed by atoms with Crippen molar-refractivity contribution in [3.05, 3.63) is 45.6 Å². The number of methoxy groups -OCH3 is 2. The summed E-state index contributed by atoms with van der Waals surface area (Å²) in [5, 5.41) is 15.2. The maximum Gasteiger partial charge on any atom is 0.255 e. The standard InChI is InChI=1S/C19H21N5O3S/c1-10-11(2)28-19(24-9-20-22-23-24)17(10)18(25)21-14-6-5-12-7-15(26-3)16(27-4)8-13(12)14/h7-9,14H,5-6H2,1-4H3,(H,21,25). The molecule has 0 saturated heterocycles. The Hall–Kier alpha value is -2.94. The number of tetrazole rings is 1. The Balaban J connectivity index is 1.65. The van der Waals surface area contributed by atoms with Crippen LogP contribution in [0.1, 0.15) is 44.4 Å². The fourth-order valence-corrected chi connectivity index (χ4v) is 4.68. The minimum absolute atomic E-state index is 0.0800. The minimum atomic E-state index is -0.125. The van der Waals surface area contributed by atoms with Crippen LogP contribution in [0.15, 0.2) is 18.5 Å². The lowest BCUT2D eigenvalue weighted by atomic mass is 10.1. The van der Waals surface area contributed by atoms with Crippen LogP contribution in [0.5, 0.6) is 11.5 Å². The Morgan fingerprint density at radius 3 is 2.68 bits per heavy atom. The molecule has 1 atom stereocenters. The van der Waals surface area contributed by atoms with Crippen molar-refractivity contribution >= 4 is 17.2 Å². The van der Waals surface area contributed by atoms with Gasteiger partial charge in [0.2, 0.25) is 0 Å². The molecule has 0 aliphatic heterocycles. The largest absolute Gasteiger partial charge is 0.493 e. The number of amides is 1. The smallest absolute Gasteiger partial charge is 0.255 e. The summed E-state index contributed by atoms with van der Waals surface area (Å²) >= 11 is 1.50. The monoisotopic (exact) mass is 399 g/mol. The van der Waals surface area contributed by atoms with E-state index in [-0.39, 0.29) is 11.9 Å². The van der Waals surface area contributed by atoms with Gasteiger partial charge in [-0.05, 0) is 65.9 Å². The van der Waals surface area contributed by atoms with Crippen molar-refractivity contribution in [1.82, 2.24) is 25.5 Å². The van der Waals surface area contributed by atoms with Crippen LogP contribution in [0.2, 0.25) is 0 Å². The van der Waals surface area contributed by atoms with Gasteiger partial charge >= 0.3 is 0 Å². The molecule has 1 unspecified atom stereocenters. The van der Waals surface area contributed by atoms with E-state index in [0.717, 1.165) is 33.8 Å². The Kier molecular flexibility index (Phi) is 4.76. The molecule has 1 aromatic carbocycles. The summed E-state index contributed by atoms with van der Waals surface area (Å²) in [7, 11) is 3.24. The van der Waals surface area contributed by atoms with Crippen LogP contribution in [0, 0.1) is 13.8 Å². The molecule has 3 aromatic rings. The second kappa shape index (κ2) is 7.23. The molecule has 1 aliphatic carbocycles. The maximum atomic E-state index is 13.2. The molecular weight excluding hydrogens is 378 g/mol. The van der Waals surface area contributed by atoms with Crippen LogP contribution >= 0.6 is 11.3 Å². The predicted molar refractivity (Wildman–Crippen MR) is 105 cm³/mol. The number of benzene rings is 1. The van der Waals surface area contributed by atoms with E-state index in [0.29, 0.717) is 17.1 Å². The first-order valence-electron chi connectivity index (χ1n) is 8.92. The zero-order valence-corrected chi connectivity index (χ0v) is 17.0. The molecule has 2 aromatic heterocycles. The van der Waals surface area contributed by atoms with Crippen LogP contribution < -0.4 is 14.8 Å². The highest BCUT2D eigenvalue weighted by atomic mass is 32.1. The summed E-state index contributed by atoms with van der Waals surface area (Å²) in [5.41, 5.74) is 3.80. The van der Waals surface area contributed by atoms with Crippen molar-refractivity contribution in [3.8, 4) is 16.5 Å². The quantitative estimate of drug-likeness (QED) is 0.709. The van der Waals surface area contributed by atoms with Crippen molar-refractivity contribution in [2.75, 3.05) is 14.2 Å². The van der Waals surface area contributed by atoms with Gasteiger partial charge in [-0.3, -0.25) is 4.79 Å². The lowest BCUT2D eigenvalue weighted by molar-refractivity contribution is 0.0936. The predicted octanol–water partition coefficient (Wildman–Crippen LogP) is 2.78. The van der Waals surface area contributed by atoms with E-state index in [4.69, 9.17) is 9.47 Å². The molecule has 1 amide bonds. The van der Waals surface area contributed by atoms with Crippen LogP contribution in [0.25, 0.3) is 5.00 Å². The molecule has 8 nitrogen and oxygen atoms in total. The average molecular weight is 399 g/mol. The summed E-state index contributed by atoms with van der Waals surface area (Å²) in [6.45, 7) is 3.94. The van der Waals surface area contributed by atoms with Crippen molar-refractivity contribution in [2.45, 2.75) is 32.7 Å². The van der Waals surface area contributed by atoms with Gasteiger partial charge in [-0.25, -0.2) is 0 Å². The number of ether oxygens (including phenoxy) is 2. The first-order valence-corrected chi connectivity index (χ1v) is 9.74. The highest BCUT2D eigenvalue weighted by Gasteiger charge is 2.29. The molecule has 146 valence electrons. The van der Waals surface area contributed by atoms with Crippen molar-refractivity contribution in [3.63, 3.8) is 0 Å². The Morgan fingerprint density at radius 2 is 2.00 bits per heavy atom. The first-order chi connectivity index (χ1) is 13.5. The average Bonchev–Trinajstić information content (AvgIpc) is 3.41. The topological polar surface area (TPSA) is 91.2 Å². The van der Waals surface area contributed by atoms with Crippen LogP contribution in [-0.2, 0) is 6.42 Å². The van der Waals surface area contributed by atoms with Gasteiger partial charge in [0.1, 0.15) is 11.3 Å². The molecule has 9 heteroatoms. The number of hydrogen-bond acceptors (Lipinski definition) is 7. The van der Waals surface area contributed by atoms with E-state index in [1.807, 2.05) is 26.0 Å². The number of carbonyl (C=O) groups is 1. The van der Waals surface area contributed by atoms with Gasteiger partial charge in [0, 0.05) is 4.88 Å². The fourth-order valence-electron chi connectivity index (χ4n) is 3.61. The molecule has 0 bridgehead atoms. The Labute approximate surface area is 166 Å². The van der Waals surface area contributed by atoms with Crippen LogP contribution in [-0.4, -0.2) is 40.3 Å². The number of rotatable bonds is 5. The first kappa shape index (κ1) is 18.4. The molecule has 2 heterocycles. The molecule has 4 rings (SSSR count). The second-order valence-corrected chi connectivity index (χ2v) is 7.89. The lowest BCUT2D eigenvalue weighted by Gasteiger charge is -2.17. The number of carbonyl (C=O) groups excluding carboxylic acids is 1. The van der Waals surface area contributed by atoms with Crippen molar-refractivity contribution < 1.29 is 14.3 Å². The van der Waals surface area contributed by atoms with Gasteiger partial charge in [-0.1, -0.05) is 0 Å². The Morgan fingerprint density at radius 1 is 1.25 bits per heavy atom. The normalized spacial score (nSPS) is 15.4. The molecule has 1 aliphatic rings. The van der Waals surface area contributed by atoms with Gasteiger partial charge in [0.05, 0.1) is 25.8 Å². The summed E-state index contributed by atoms with van der Waals surface area (Å²) < 4.78 is 12.4. The molecule has 0 radical (unpaired) electrons. The molecular formula is C19H21N5O3S. The molecule has 1 N–H and O–H groups in total. The van der Waals surface area contributed by atoms with Crippen LogP contribution in [0.4, 0.5) is 0 Å². The maximum absolute atomic E-state index is 13.2. The molecule has 28 heavy (non-hydrogen) atoms. The third-order valence-electron chi connectivity index (χ3n) is 5.18. The van der Waals surface area contributed by atoms with Gasteiger partial charge in [-0.2, -0.15) is 4.68 Å². The Bertz CT molecular complexity index is 1030. The number of aryl methyl sites for hydroxylation is 2. The molecule has 0 spiro atoms. The lowest BCUT2D eigenvalue weighted by Crippen LogP contribution is -2.28. The third kappa shape index (κ3) is 3.01. The molecule has 0 fully saturated rings. The van der Waals surface area contributed by atoms with Crippen molar-refractivity contribution in [2.24, 2.45) is 0 Å². The number of thiophene rings is 1. The summed E-state index contributed by atoms with van der Waals surface area (Å²) in [5.74, 6) is 1.25. The van der Waals surface area contributed by atoms with Crippen molar-refractivity contribution in [1.29, 1.82) is 0 Å². The summed E-state index contributed by atoms with van der Waals surface area (Å²) in [6.07, 6.45) is 3.21. The molecule has 0 saturated carbocycles. The summed E-state index contributed by atoms with van der Waals surface area (Å²) in [6, 6.07) is 3.87. The van der Waals surface area contributed by atoms with E-state index in [9.17, 15) is 4.79 Å². The highest BCUT2D eigenvalue weighted by Crippen LogP contribution is 2.40. The number of aromatic nitrogens is 4.